The summed E-state index contributed by atoms with van der Waals surface area (Å²) in [6, 6.07) is 0. The molecule has 0 rings (SSSR count). The van der Waals surface area contributed by atoms with Crippen LogP contribution in [0.3, 0.4) is 0 Å². The molecule has 0 unspecified atom stereocenters. The molecule has 0 saturated carbocycles. The van der Waals surface area contributed by atoms with E-state index in [1.54, 1.807) is 0 Å². The highest BCUT2D eigenvalue weighted by Crippen LogP contribution is 2.32. The average molecular weight is 245 g/mol. The second-order valence-corrected chi connectivity index (χ2v) is 5.57. The van der Waals surface area contributed by atoms with E-state index in [9.17, 15) is 0 Å². The second-order valence-electron chi connectivity index (χ2n) is 5.25. The molecule has 0 bridgehead atoms. The summed E-state index contributed by atoms with van der Waals surface area (Å²) in [4.78, 5) is 2.50. The van der Waals surface area contributed by atoms with E-state index in [1.807, 2.05) is 0 Å². The Morgan fingerprint density at radius 3 is 1.94 bits per heavy atom. The molecule has 0 aromatic carbocycles. The van der Waals surface area contributed by atoms with Gasteiger partial charge < -0.3 is 4.90 Å². The minimum Gasteiger partial charge on any atom is -0.306 e. The average Bonchev–Trinajstić information content (AvgIpc) is 2.27. The minimum atomic E-state index is 0.453. The van der Waals surface area contributed by atoms with Gasteiger partial charge in [0.25, 0.3) is 0 Å². The van der Waals surface area contributed by atoms with Crippen LogP contribution in [0.5, 0.6) is 0 Å². The largest absolute Gasteiger partial charge is 0.306 e. The van der Waals surface area contributed by atoms with E-state index in [1.165, 1.54) is 51.6 Å². The van der Waals surface area contributed by atoms with E-state index in [0.717, 1.165) is 5.75 Å². The van der Waals surface area contributed by atoms with Crippen LogP contribution in [0.1, 0.15) is 59.3 Å². The molecule has 0 aromatic rings. The van der Waals surface area contributed by atoms with Gasteiger partial charge in [0.2, 0.25) is 0 Å². The fourth-order valence-electron chi connectivity index (χ4n) is 2.63. The van der Waals surface area contributed by atoms with Crippen LogP contribution in [0.4, 0.5) is 0 Å². The summed E-state index contributed by atoms with van der Waals surface area (Å²) in [6.45, 7) is 9.30. The molecular formula is C14H31NS. The van der Waals surface area contributed by atoms with Crippen molar-refractivity contribution >= 4 is 12.6 Å². The first-order valence-electron chi connectivity index (χ1n) is 6.93. The smallest absolute Gasteiger partial charge is 0.00427 e. The third kappa shape index (κ3) is 6.15. The van der Waals surface area contributed by atoms with Gasteiger partial charge in [-0.15, -0.1) is 0 Å². The molecule has 98 valence electrons. The zero-order valence-corrected chi connectivity index (χ0v) is 12.7. The van der Waals surface area contributed by atoms with Crippen molar-refractivity contribution in [2.75, 3.05) is 25.9 Å². The van der Waals surface area contributed by atoms with Gasteiger partial charge >= 0.3 is 0 Å². The highest BCUT2D eigenvalue weighted by Gasteiger charge is 2.27. The first kappa shape index (κ1) is 16.3. The lowest BCUT2D eigenvalue weighted by Crippen LogP contribution is -2.37. The Balaban J connectivity index is 4.26. The summed E-state index contributed by atoms with van der Waals surface area (Å²) in [5, 5.41) is 0. The number of nitrogens with zero attached hydrogens (tertiary/aromatic N) is 1. The lowest BCUT2D eigenvalue weighted by Gasteiger charge is -2.36. The maximum Gasteiger partial charge on any atom is 0.00427 e. The fourth-order valence-corrected chi connectivity index (χ4v) is 3.05. The van der Waals surface area contributed by atoms with Crippen LogP contribution >= 0.6 is 12.6 Å². The zero-order chi connectivity index (χ0) is 12.4. The van der Waals surface area contributed by atoms with E-state index in [0.29, 0.717) is 5.41 Å². The highest BCUT2D eigenvalue weighted by molar-refractivity contribution is 7.80. The molecule has 0 heterocycles. The van der Waals surface area contributed by atoms with Crippen LogP contribution in [0.25, 0.3) is 0 Å². The minimum absolute atomic E-state index is 0.453. The van der Waals surface area contributed by atoms with Gasteiger partial charge in [-0.25, -0.2) is 0 Å². The van der Waals surface area contributed by atoms with Gasteiger partial charge in [-0.2, -0.15) is 12.6 Å². The summed E-state index contributed by atoms with van der Waals surface area (Å²) in [5.74, 6) is 1.03. The molecule has 16 heavy (non-hydrogen) atoms. The molecule has 2 heteroatoms. The number of hydrogen-bond acceptors (Lipinski definition) is 2. The van der Waals surface area contributed by atoms with Crippen LogP contribution in [-0.4, -0.2) is 30.8 Å². The molecule has 0 fully saturated rings. The Bertz CT molecular complexity index is 153. The van der Waals surface area contributed by atoms with Crippen molar-refractivity contribution in [3.05, 3.63) is 0 Å². The summed E-state index contributed by atoms with van der Waals surface area (Å²) in [6.07, 6.45) is 7.81. The van der Waals surface area contributed by atoms with Crippen LogP contribution < -0.4 is 0 Å². The summed E-state index contributed by atoms with van der Waals surface area (Å²) >= 11 is 4.61. The maximum atomic E-state index is 4.61. The summed E-state index contributed by atoms with van der Waals surface area (Å²) in [7, 11) is 2.26. The Hall–Kier alpha value is 0.310. The van der Waals surface area contributed by atoms with E-state index < -0.39 is 0 Å². The van der Waals surface area contributed by atoms with Gasteiger partial charge in [-0.1, -0.05) is 40.0 Å². The van der Waals surface area contributed by atoms with Gasteiger partial charge in [0.1, 0.15) is 0 Å². The van der Waals surface area contributed by atoms with Crippen molar-refractivity contribution < 1.29 is 0 Å². The number of rotatable bonds is 10. The number of hydrogen-bond donors (Lipinski definition) is 1. The Morgan fingerprint density at radius 2 is 1.56 bits per heavy atom. The van der Waals surface area contributed by atoms with E-state index in [4.69, 9.17) is 0 Å². The summed E-state index contributed by atoms with van der Waals surface area (Å²) < 4.78 is 0. The predicted octanol–water partition coefficient (Wildman–Crippen LogP) is 4.23. The van der Waals surface area contributed by atoms with Crippen LogP contribution in [-0.2, 0) is 0 Å². The number of unbranched alkanes of at least 4 members (excludes halogenated alkanes) is 1. The molecule has 0 spiro atoms. The Morgan fingerprint density at radius 1 is 1.00 bits per heavy atom. The van der Waals surface area contributed by atoms with Crippen LogP contribution in [0.15, 0.2) is 0 Å². The molecule has 0 radical (unpaired) electrons. The molecule has 0 aliphatic carbocycles. The van der Waals surface area contributed by atoms with Crippen molar-refractivity contribution in [1.82, 2.24) is 4.90 Å². The molecule has 0 saturated heterocycles. The Labute approximate surface area is 108 Å². The van der Waals surface area contributed by atoms with E-state index in [2.05, 4.69) is 45.3 Å². The molecule has 0 amide bonds. The van der Waals surface area contributed by atoms with Gasteiger partial charge in [-0.3, -0.25) is 0 Å². The summed E-state index contributed by atoms with van der Waals surface area (Å²) in [5.41, 5.74) is 0.453. The van der Waals surface area contributed by atoms with Crippen molar-refractivity contribution in [3.63, 3.8) is 0 Å². The van der Waals surface area contributed by atoms with Gasteiger partial charge in [0.15, 0.2) is 0 Å². The quantitative estimate of drug-likeness (QED) is 0.564. The fraction of sp³-hybridized carbons (Fsp3) is 1.00. The van der Waals surface area contributed by atoms with Gasteiger partial charge in [0.05, 0.1) is 0 Å². The standard InChI is InChI=1S/C14H31NS/c1-5-8-11-15(4)12-14(13-16,9-6-2)10-7-3/h16H,5-13H2,1-4H3. The first-order chi connectivity index (χ1) is 7.64. The Kier molecular flexibility index (Phi) is 9.53. The third-order valence-corrected chi connectivity index (χ3v) is 4.07. The second kappa shape index (κ2) is 9.35. The first-order valence-corrected chi connectivity index (χ1v) is 7.56. The van der Waals surface area contributed by atoms with E-state index >= 15 is 0 Å². The topological polar surface area (TPSA) is 3.24 Å². The van der Waals surface area contributed by atoms with E-state index in [-0.39, 0.29) is 0 Å². The van der Waals surface area contributed by atoms with Crippen LogP contribution in [0, 0.1) is 5.41 Å². The molecular weight excluding hydrogens is 214 g/mol. The van der Waals surface area contributed by atoms with Crippen molar-refractivity contribution in [2.24, 2.45) is 5.41 Å². The van der Waals surface area contributed by atoms with Crippen LogP contribution in [0.2, 0.25) is 0 Å². The molecule has 0 aromatic heterocycles. The molecule has 0 N–H and O–H groups in total. The SMILES string of the molecule is CCCCN(C)CC(CS)(CCC)CCC. The zero-order valence-electron chi connectivity index (χ0n) is 11.8. The van der Waals surface area contributed by atoms with Gasteiger partial charge in [-0.05, 0) is 44.0 Å². The normalized spacial score (nSPS) is 12.4. The van der Waals surface area contributed by atoms with Crippen molar-refractivity contribution in [2.45, 2.75) is 59.3 Å². The monoisotopic (exact) mass is 245 g/mol. The molecule has 0 aliphatic heterocycles. The maximum absolute atomic E-state index is 4.61. The molecule has 1 nitrogen and oxygen atoms in total. The van der Waals surface area contributed by atoms with Crippen molar-refractivity contribution in [3.8, 4) is 0 Å². The lowest BCUT2D eigenvalue weighted by atomic mass is 9.80. The molecule has 0 aliphatic rings. The van der Waals surface area contributed by atoms with Crippen molar-refractivity contribution in [1.29, 1.82) is 0 Å². The number of thiol groups is 1. The van der Waals surface area contributed by atoms with Gasteiger partial charge in [0, 0.05) is 6.54 Å². The highest BCUT2D eigenvalue weighted by atomic mass is 32.1. The third-order valence-electron chi connectivity index (χ3n) is 3.39. The predicted molar refractivity (Wildman–Crippen MR) is 78.5 cm³/mol. The molecule has 0 atom stereocenters. The lowest BCUT2D eigenvalue weighted by molar-refractivity contribution is 0.168.